The van der Waals surface area contributed by atoms with Crippen molar-refractivity contribution in [2.24, 2.45) is 0 Å². The Bertz CT molecular complexity index is 1030. The van der Waals surface area contributed by atoms with E-state index in [-0.39, 0.29) is 24.4 Å². The molecule has 158 valence electrons. The molecule has 3 aromatic rings. The lowest BCUT2D eigenvalue weighted by Crippen LogP contribution is -2.50. The second kappa shape index (κ2) is 9.04. The summed E-state index contributed by atoms with van der Waals surface area (Å²) >= 11 is 0. The molecule has 0 fully saturated rings. The van der Waals surface area contributed by atoms with Crippen molar-refractivity contribution >= 4 is 17.5 Å². The predicted octanol–water partition coefficient (Wildman–Crippen LogP) is 4.40. The van der Waals surface area contributed by atoms with Gasteiger partial charge in [0.1, 0.15) is 12.3 Å². The molecule has 1 N–H and O–H groups in total. The highest BCUT2D eigenvalue weighted by Crippen LogP contribution is 2.35. The summed E-state index contributed by atoms with van der Waals surface area (Å²) in [5.41, 5.74) is 3.61. The number of rotatable bonds is 6. The number of carbonyl (C=O) groups is 2. The van der Waals surface area contributed by atoms with E-state index in [4.69, 9.17) is 4.74 Å². The minimum absolute atomic E-state index is 0.0642. The summed E-state index contributed by atoms with van der Waals surface area (Å²) < 4.78 is 5.86. The van der Waals surface area contributed by atoms with Crippen LogP contribution in [-0.4, -0.2) is 24.5 Å². The molecule has 5 nitrogen and oxygen atoms in total. The monoisotopic (exact) mass is 414 g/mol. The molecule has 0 radical (unpaired) electrons. The van der Waals surface area contributed by atoms with Crippen LogP contribution in [0.1, 0.15) is 36.1 Å². The van der Waals surface area contributed by atoms with Crippen LogP contribution < -0.4 is 15.0 Å². The maximum absolute atomic E-state index is 13.2. The van der Waals surface area contributed by atoms with E-state index in [1.54, 1.807) is 4.90 Å². The number of benzene rings is 3. The summed E-state index contributed by atoms with van der Waals surface area (Å²) in [5.74, 6) is 0.217. The van der Waals surface area contributed by atoms with Crippen LogP contribution in [0.5, 0.6) is 5.75 Å². The zero-order chi connectivity index (χ0) is 21.8. The van der Waals surface area contributed by atoms with E-state index in [0.29, 0.717) is 17.9 Å². The molecule has 2 amide bonds. The summed E-state index contributed by atoms with van der Waals surface area (Å²) in [6.07, 6.45) is -0.0389. The number of ether oxygens (including phenoxy) is 1. The molecule has 31 heavy (non-hydrogen) atoms. The highest BCUT2D eigenvalue weighted by atomic mass is 16.5. The summed E-state index contributed by atoms with van der Waals surface area (Å²) in [5, 5.41) is 3.12. The average molecular weight is 415 g/mol. The molecule has 1 aliphatic heterocycles. The number of nitrogens with zero attached hydrogens (tertiary/aromatic N) is 1. The van der Waals surface area contributed by atoms with Gasteiger partial charge in [-0.3, -0.25) is 14.5 Å². The molecule has 1 unspecified atom stereocenters. The molecule has 0 bridgehead atoms. The number of anilines is 1. The van der Waals surface area contributed by atoms with Crippen LogP contribution in [-0.2, 0) is 9.59 Å². The lowest BCUT2D eigenvalue weighted by Gasteiger charge is -2.34. The van der Waals surface area contributed by atoms with E-state index < -0.39 is 6.10 Å². The Morgan fingerprint density at radius 3 is 2.19 bits per heavy atom. The lowest BCUT2D eigenvalue weighted by atomic mass is 9.98. The number of hydrogen-bond acceptors (Lipinski definition) is 3. The van der Waals surface area contributed by atoms with E-state index in [2.05, 4.69) is 5.32 Å². The van der Waals surface area contributed by atoms with Gasteiger partial charge in [0, 0.05) is 0 Å². The van der Waals surface area contributed by atoms with Gasteiger partial charge in [0.25, 0.3) is 5.91 Å². The smallest absolute Gasteiger partial charge is 0.268 e. The van der Waals surface area contributed by atoms with Crippen LogP contribution >= 0.6 is 0 Å². The second-order valence-corrected chi connectivity index (χ2v) is 7.73. The standard InChI is InChI=1S/C26H26N2O3/c1-3-22-26(30)28(21-16-18(2)14-15-23(21)31-22)17-24(29)27-25(19-10-6-4-7-11-19)20-12-8-5-9-13-20/h4-16,22,25H,3,17H2,1-2H3,(H,27,29). The van der Waals surface area contributed by atoms with Gasteiger partial charge in [-0.15, -0.1) is 0 Å². The zero-order valence-electron chi connectivity index (χ0n) is 17.7. The van der Waals surface area contributed by atoms with Gasteiger partial charge in [-0.05, 0) is 42.2 Å². The van der Waals surface area contributed by atoms with Crippen molar-refractivity contribution in [1.82, 2.24) is 5.32 Å². The van der Waals surface area contributed by atoms with Crippen molar-refractivity contribution < 1.29 is 14.3 Å². The van der Waals surface area contributed by atoms with Crippen LogP contribution in [0.25, 0.3) is 0 Å². The Kier molecular flexibility index (Phi) is 6.03. The van der Waals surface area contributed by atoms with E-state index in [1.807, 2.05) is 92.7 Å². The first kappa shape index (κ1) is 20.7. The predicted molar refractivity (Wildman–Crippen MR) is 121 cm³/mol. The van der Waals surface area contributed by atoms with E-state index in [9.17, 15) is 9.59 Å². The van der Waals surface area contributed by atoms with Crippen molar-refractivity contribution in [3.8, 4) is 5.75 Å². The number of carbonyl (C=O) groups excluding carboxylic acids is 2. The molecule has 0 saturated carbocycles. The Hall–Kier alpha value is -3.60. The van der Waals surface area contributed by atoms with Gasteiger partial charge in [0.2, 0.25) is 5.91 Å². The first-order valence-corrected chi connectivity index (χ1v) is 10.5. The summed E-state index contributed by atoms with van der Waals surface area (Å²) in [4.78, 5) is 27.7. The van der Waals surface area contributed by atoms with Gasteiger partial charge in [0.15, 0.2) is 6.10 Å². The third kappa shape index (κ3) is 4.45. The van der Waals surface area contributed by atoms with Crippen LogP contribution in [0.3, 0.4) is 0 Å². The van der Waals surface area contributed by atoms with Gasteiger partial charge in [-0.1, -0.05) is 73.7 Å². The summed E-state index contributed by atoms with van der Waals surface area (Å²) in [7, 11) is 0. The van der Waals surface area contributed by atoms with E-state index >= 15 is 0 Å². The maximum Gasteiger partial charge on any atom is 0.268 e. The Morgan fingerprint density at radius 1 is 1.00 bits per heavy atom. The first-order chi connectivity index (χ1) is 15.1. The quantitative estimate of drug-likeness (QED) is 0.650. The molecule has 4 rings (SSSR count). The summed E-state index contributed by atoms with van der Waals surface area (Å²) in [6, 6.07) is 25.1. The fourth-order valence-electron chi connectivity index (χ4n) is 3.86. The molecule has 0 aliphatic carbocycles. The second-order valence-electron chi connectivity index (χ2n) is 7.73. The van der Waals surface area contributed by atoms with Crippen LogP contribution in [0, 0.1) is 6.92 Å². The SMILES string of the molecule is CCC1Oc2ccc(C)cc2N(CC(=O)NC(c2ccccc2)c2ccccc2)C1=O. The van der Waals surface area contributed by atoms with Crippen LogP contribution in [0.15, 0.2) is 78.9 Å². The van der Waals surface area contributed by atoms with Gasteiger partial charge >= 0.3 is 0 Å². The molecule has 1 heterocycles. The molecule has 0 aromatic heterocycles. The number of amides is 2. The highest BCUT2D eigenvalue weighted by Gasteiger charge is 2.34. The van der Waals surface area contributed by atoms with Crippen molar-refractivity contribution in [1.29, 1.82) is 0 Å². The molecule has 0 saturated heterocycles. The van der Waals surface area contributed by atoms with Gasteiger partial charge < -0.3 is 10.1 Å². The van der Waals surface area contributed by atoms with Crippen molar-refractivity contribution in [2.45, 2.75) is 32.4 Å². The van der Waals surface area contributed by atoms with Gasteiger partial charge in [-0.25, -0.2) is 0 Å². The van der Waals surface area contributed by atoms with E-state index in [1.165, 1.54) is 0 Å². The van der Waals surface area contributed by atoms with Crippen molar-refractivity contribution in [3.63, 3.8) is 0 Å². The Morgan fingerprint density at radius 2 is 1.61 bits per heavy atom. The lowest BCUT2D eigenvalue weighted by molar-refractivity contribution is -0.129. The molecule has 3 aromatic carbocycles. The highest BCUT2D eigenvalue weighted by molar-refractivity contribution is 6.04. The fraction of sp³-hybridized carbons (Fsp3) is 0.231. The van der Waals surface area contributed by atoms with Crippen LogP contribution in [0.4, 0.5) is 5.69 Å². The number of aryl methyl sites for hydroxylation is 1. The Labute approximate surface area is 182 Å². The largest absolute Gasteiger partial charge is 0.478 e. The molecular formula is C26H26N2O3. The minimum Gasteiger partial charge on any atom is -0.478 e. The number of hydrogen-bond donors (Lipinski definition) is 1. The normalized spacial score (nSPS) is 15.4. The van der Waals surface area contributed by atoms with Crippen molar-refractivity contribution in [2.75, 3.05) is 11.4 Å². The third-order valence-corrected chi connectivity index (χ3v) is 5.46. The van der Waals surface area contributed by atoms with Crippen molar-refractivity contribution in [3.05, 3.63) is 95.6 Å². The first-order valence-electron chi connectivity index (χ1n) is 10.5. The maximum atomic E-state index is 13.2. The summed E-state index contributed by atoms with van der Waals surface area (Å²) in [6.45, 7) is 3.79. The molecular weight excluding hydrogens is 388 g/mol. The third-order valence-electron chi connectivity index (χ3n) is 5.46. The molecule has 1 aliphatic rings. The average Bonchev–Trinajstić information content (AvgIpc) is 2.80. The fourth-order valence-corrected chi connectivity index (χ4v) is 3.86. The molecule has 1 atom stereocenters. The number of fused-ring (bicyclic) bond motifs is 1. The zero-order valence-corrected chi connectivity index (χ0v) is 17.7. The number of nitrogens with one attached hydrogen (secondary N) is 1. The molecule has 5 heteroatoms. The Balaban J connectivity index is 1.61. The van der Waals surface area contributed by atoms with Gasteiger partial charge in [0.05, 0.1) is 11.7 Å². The van der Waals surface area contributed by atoms with E-state index in [0.717, 1.165) is 16.7 Å². The molecule has 0 spiro atoms. The van der Waals surface area contributed by atoms with Crippen LogP contribution in [0.2, 0.25) is 0 Å². The minimum atomic E-state index is -0.581. The van der Waals surface area contributed by atoms with Gasteiger partial charge in [-0.2, -0.15) is 0 Å². The topological polar surface area (TPSA) is 58.6 Å².